The van der Waals surface area contributed by atoms with Gasteiger partial charge in [0.25, 0.3) is 5.91 Å². The first-order valence-corrected chi connectivity index (χ1v) is 9.36. The normalized spacial score (nSPS) is 25.0. The molecule has 26 heavy (non-hydrogen) atoms. The lowest BCUT2D eigenvalue weighted by atomic mass is 10.1. The van der Waals surface area contributed by atoms with Crippen molar-refractivity contribution in [3.05, 3.63) is 29.8 Å². The zero-order valence-electron chi connectivity index (χ0n) is 15.6. The van der Waals surface area contributed by atoms with E-state index in [9.17, 15) is 9.59 Å². The summed E-state index contributed by atoms with van der Waals surface area (Å²) in [6, 6.07) is 7.82. The second-order valence-corrected chi connectivity index (χ2v) is 7.04. The first kappa shape index (κ1) is 16.9. The molecule has 7 heteroatoms. The molecule has 0 spiro atoms. The fourth-order valence-corrected chi connectivity index (χ4v) is 4.02. The topological polar surface area (TPSA) is 59.5 Å². The summed E-state index contributed by atoms with van der Waals surface area (Å²) in [6.07, 6.45) is 1.33. The molecule has 3 amide bonds. The van der Waals surface area contributed by atoms with Gasteiger partial charge in [-0.15, -0.1) is 0 Å². The van der Waals surface area contributed by atoms with Crippen molar-refractivity contribution in [2.75, 3.05) is 31.6 Å². The number of hydrogen-bond donors (Lipinski definition) is 0. The number of likely N-dealkylation sites (N-methyl/N-ethyl adjacent to an activating group) is 1. The molecule has 1 aromatic carbocycles. The minimum Gasteiger partial charge on any atom is -0.325 e. The number of amides is 3. The molecule has 0 aromatic heterocycles. The number of aliphatic imine (C=N–C) groups is 1. The Morgan fingerprint density at radius 1 is 1.12 bits per heavy atom. The quantitative estimate of drug-likeness (QED) is 0.825. The maximum atomic E-state index is 13.0. The lowest BCUT2D eigenvalue weighted by Gasteiger charge is -2.40. The van der Waals surface area contributed by atoms with E-state index in [0.29, 0.717) is 6.54 Å². The molecule has 0 bridgehead atoms. The van der Waals surface area contributed by atoms with Crippen LogP contribution in [0.1, 0.15) is 25.8 Å². The molecule has 3 aliphatic rings. The molecule has 7 nitrogen and oxygen atoms in total. The van der Waals surface area contributed by atoms with Crippen LogP contribution < -0.4 is 4.90 Å². The zero-order valence-corrected chi connectivity index (χ0v) is 15.6. The van der Waals surface area contributed by atoms with Crippen molar-refractivity contribution < 1.29 is 9.59 Å². The molecule has 138 valence electrons. The average Bonchev–Trinajstić information content (AvgIpc) is 3.23. The van der Waals surface area contributed by atoms with E-state index in [0.717, 1.165) is 37.6 Å². The largest absolute Gasteiger partial charge is 0.328 e. The maximum Gasteiger partial charge on any atom is 0.328 e. The number of rotatable bonds is 4. The molecule has 3 aliphatic heterocycles. The molecular formula is C19H25N5O2. The Hall–Kier alpha value is -2.57. The van der Waals surface area contributed by atoms with Gasteiger partial charge >= 0.3 is 6.03 Å². The third-order valence-electron chi connectivity index (χ3n) is 5.48. The van der Waals surface area contributed by atoms with Gasteiger partial charge in [-0.3, -0.25) is 9.69 Å². The Kier molecular flexibility index (Phi) is 4.09. The van der Waals surface area contributed by atoms with Gasteiger partial charge in [0.15, 0.2) is 12.2 Å². The lowest BCUT2D eigenvalue weighted by molar-refractivity contribution is -0.137. The van der Waals surface area contributed by atoms with Gasteiger partial charge in [-0.25, -0.2) is 9.79 Å². The van der Waals surface area contributed by atoms with E-state index in [-0.39, 0.29) is 11.9 Å². The molecule has 4 rings (SSSR count). The van der Waals surface area contributed by atoms with Gasteiger partial charge in [0.2, 0.25) is 5.96 Å². The third kappa shape index (κ3) is 2.37. The molecule has 1 aromatic rings. The molecule has 0 N–H and O–H groups in total. The van der Waals surface area contributed by atoms with Gasteiger partial charge < -0.3 is 14.7 Å². The Balaban J connectivity index is 1.64. The summed E-state index contributed by atoms with van der Waals surface area (Å²) in [5, 5.41) is 0. The summed E-state index contributed by atoms with van der Waals surface area (Å²) in [4.78, 5) is 37.5. The first-order valence-electron chi connectivity index (χ1n) is 9.36. The minimum atomic E-state index is -0.434. The van der Waals surface area contributed by atoms with Gasteiger partial charge in [0.05, 0.1) is 0 Å². The number of nitrogens with zero attached hydrogens (tertiary/aromatic N) is 5. The summed E-state index contributed by atoms with van der Waals surface area (Å²) in [6.45, 7) is 6.10. The smallest absolute Gasteiger partial charge is 0.325 e. The highest BCUT2D eigenvalue weighted by molar-refractivity contribution is 6.07. The second kappa shape index (κ2) is 6.30. The van der Waals surface area contributed by atoms with Gasteiger partial charge in [-0.05, 0) is 30.5 Å². The van der Waals surface area contributed by atoms with Crippen molar-refractivity contribution in [3.8, 4) is 0 Å². The monoisotopic (exact) mass is 355 g/mol. The van der Waals surface area contributed by atoms with Crippen LogP contribution in [0.4, 0.5) is 10.5 Å². The van der Waals surface area contributed by atoms with Crippen LogP contribution in [0.3, 0.4) is 0 Å². The number of fused-ring (bicyclic) bond motifs is 3. The standard InChI is InChI=1S/C19H25N5O2/c1-4-10-24-17(25)15-16(21(3)19(24)26)20-18-22(11-12-23(15)18)14-8-6-13(5-2)7-9-14/h6-9,15-16H,4-5,10-12H2,1-3H3. The summed E-state index contributed by atoms with van der Waals surface area (Å²) >= 11 is 0. The molecule has 2 fully saturated rings. The van der Waals surface area contributed by atoms with Crippen LogP contribution in [-0.2, 0) is 11.2 Å². The van der Waals surface area contributed by atoms with Crippen molar-refractivity contribution in [3.63, 3.8) is 0 Å². The van der Waals surface area contributed by atoms with Gasteiger partial charge in [0, 0.05) is 32.4 Å². The highest BCUT2D eigenvalue weighted by Crippen LogP contribution is 2.33. The van der Waals surface area contributed by atoms with Crippen molar-refractivity contribution in [1.82, 2.24) is 14.7 Å². The molecule has 0 aliphatic carbocycles. The molecule has 2 saturated heterocycles. The maximum absolute atomic E-state index is 13.0. The van der Waals surface area contributed by atoms with Crippen molar-refractivity contribution in [2.24, 2.45) is 4.99 Å². The lowest BCUT2D eigenvalue weighted by Crippen LogP contribution is -2.64. The van der Waals surface area contributed by atoms with E-state index >= 15 is 0 Å². The van der Waals surface area contributed by atoms with Crippen molar-refractivity contribution in [1.29, 1.82) is 0 Å². The van der Waals surface area contributed by atoms with E-state index in [2.05, 4.69) is 41.0 Å². The molecule has 2 atom stereocenters. The number of benzene rings is 1. The number of guanidine groups is 1. The molecule has 0 radical (unpaired) electrons. The zero-order chi connectivity index (χ0) is 18.4. The summed E-state index contributed by atoms with van der Waals surface area (Å²) < 4.78 is 0. The van der Waals surface area contributed by atoms with Crippen molar-refractivity contribution >= 4 is 23.6 Å². The molecule has 2 unspecified atom stereocenters. The Morgan fingerprint density at radius 3 is 2.50 bits per heavy atom. The van der Waals surface area contributed by atoms with Crippen LogP contribution in [-0.4, -0.2) is 71.5 Å². The van der Waals surface area contributed by atoms with Crippen LogP contribution in [0.25, 0.3) is 0 Å². The molecule has 0 saturated carbocycles. The van der Waals surface area contributed by atoms with Crippen LogP contribution in [0.15, 0.2) is 29.3 Å². The van der Waals surface area contributed by atoms with E-state index in [4.69, 9.17) is 4.99 Å². The van der Waals surface area contributed by atoms with Gasteiger partial charge in [0.1, 0.15) is 0 Å². The summed E-state index contributed by atoms with van der Waals surface area (Å²) in [5.41, 5.74) is 2.37. The van der Waals surface area contributed by atoms with Crippen LogP contribution in [0.2, 0.25) is 0 Å². The van der Waals surface area contributed by atoms with E-state index in [1.54, 1.807) is 11.9 Å². The second-order valence-electron chi connectivity index (χ2n) is 7.04. The molecule has 3 heterocycles. The average molecular weight is 355 g/mol. The third-order valence-corrected chi connectivity index (χ3v) is 5.48. The van der Waals surface area contributed by atoms with Crippen molar-refractivity contribution in [2.45, 2.75) is 38.9 Å². The highest BCUT2D eigenvalue weighted by atomic mass is 16.2. The predicted molar refractivity (Wildman–Crippen MR) is 100 cm³/mol. The molecular weight excluding hydrogens is 330 g/mol. The summed E-state index contributed by atoms with van der Waals surface area (Å²) in [5.74, 6) is 0.678. The number of aryl methyl sites for hydroxylation is 1. The van der Waals surface area contributed by atoms with Gasteiger partial charge in [-0.1, -0.05) is 26.0 Å². The first-order chi connectivity index (χ1) is 12.6. The van der Waals surface area contributed by atoms with E-state index < -0.39 is 12.2 Å². The van der Waals surface area contributed by atoms with E-state index in [1.807, 2.05) is 6.92 Å². The Bertz CT molecular complexity index is 760. The number of hydrogen-bond acceptors (Lipinski definition) is 5. The van der Waals surface area contributed by atoms with E-state index in [1.165, 1.54) is 10.5 Å². The fraction of sp³-hybridized carbons (Fsp3) is 0.526. The fourth-order valence-electron chi connectivity index (χ4n) is 4.02. The van der Waals surface area contributed by atoms with Gasteiger partial charge in [-0.2, -0.15) is 0 Å². The summed E-state index contributed by atoms with van der Waals surface area (Å²) in [7, 11) is 1.74. The number of carbonyl (C=O) groups is 2. The number of imide groups is 1. The number of carbonyl (C=O) groups excluding carboxylic acids is 2. The Labute approximate surface area is 153 Å². The minimum absolute atomic E-state index is 0.123. The van der Waals surface area contributed by atoms with Crippen LogP contribution in [0, 0.1) is 0 Å². The Morgan fingerprint density at radius 2 is 1.85 bits per heavy atom. The predicted octanol–water partition coefficient (Wildman–Crippen LogP) is 1.74. The number of urea groups is 1. The van der Waals surface area contributed by atoms with Crippen LogP contribution in [0.5, 0.6) is 0 Å². The number of anilines is 1. The SMILES string of the molecule is CCCN1C(=O)C2C(N=C3N(c4ccc(CC)cc4)CCN32)N(C)C1=O. The van der Waals surface area contributed by atoms with Crippen LogP contribution >= 0.6 is 0 Å². The highest BCUT2D eigenvalue weighted by Gasteiger charge is 2.54.